The van der Waals surface area contributed by atoms with Gasteiger partial charge in [0, 0.05) is 55.9 Å². The number of benzene rings is 1. The number of amides is 1. The van der Waals surface area contributed by atoms with Gasteiger partial charge < -0.3 is 15.0 Å². The number of fused-ring (bicyclic) bond motifs is 2. The second-order valence-corrected chi connectivity index (χ2v) is 10.0. The van der Waals surface area contributed by atoms with Gasteiger partial charge in [-0.05, 0) is 49.7 Å². The van der Waals surface area contributed by atoms with Crippen molar-refractivity contribution in [3.63, 3.8) is 0 Å². The Bertz CT molecular complexity index is 978. The Morgan fingerprint density at radius 1 is 1.21 bits per heavy atom. The molecule has 0 aromatic heterocycles. The molecule has 7 nitrogen and oxygen atoms in total. The molecule has 0 bridgehead atoms. The molecular weight excluding hydrogens is 439 g/mol. The molecule has 0 radical (unpaired) electrons. The number of nitro benzene ring substituents is 1. The minimum atomic E-state index is -4.69. The summed E-state index contributed by atoms with van der Waals surface area (Å²) in [4.78, 5) is 26.2. The Labute approximate surface area is 189 Å². The molecule has 10 heteroatoms. The summed E-state index contributed by atoms with van der Waals surface area (Å²) in [6.07, 6.45) is -0.272. The summed E-state index contributed by atoms with van der Waals surface area (Å²) in [6, 6.07) is 1.97. The highest BCUT2D eigenvalue weighted by molar-refractivity contribution is 5.87. The van der Waals surface area contributed by atoms with Gasteiger partial charge in [-0.2, -0.15) is 13.2 Å². The molecule has 1 aromatic carbocycles. The molecule has 3 heterocycles. The van der Waals surface area contributed by atoms with E-state index in [2.05, 4.69) is 5.32 Å². The van der Waals surface area contributed by atoms with Crippen LogP contribution in [0.3, 0.4) is 0 Å². The van der Waals surface area contributed by atoms with Crippen LogP contribution in [0.4, 0.5) is 18.9 Å². The van der Waals surface area contributed by atoms with Gasteiger partial charge in [-0.3, -0.25) is 14.9 Å². The van der Waals surface area contributed by atoms with E-state index in [1.54, 1.807) is 4.90 Å². The van der Waals surface area contributed by atoms with E-state index in [1.165, 1.54) is 0 Å². The average molecular weight is 467 g/mol. The van der Waals surface area contributed by atoms with Crippen molar-refractivity contribution in [2.24, 2.45) is 11.3 Å². The van der Waals surface area contributed by atoms with Crippen LogP contribution in [-0.2, 0) is 28.7 Å². The third-order valence-electron chi connectivity index (χ3n) is 8.37. The quantitative estimate of drug-likeness (QED) is 0.540. The summed E-state index contributed by atoms with van der Waals surface area (Å²) in [5.74, 6) is -0.0384. The van der Waals surface area contributed by atoms with Crippen LogP contribution in [0, 0.1) is 21.4 Å². The Kier molecular flexibility index (Phi) is 5.43. The molecule has 2 saturated heterocycles. The second kappa shape index (κ2) is 7.94. The molecule has 5 rings (SSSR count). The van der Waals surface area contributed by atoms with Crippen LogP contribution in [0.1, 0.15) is 55.7 Å². The third-order valence-corrected chi connectivity index (χ3v) is 8.37. The van der Waals surface area contributed by atoms with E-state index >= 15 is 0 Å². The molecule has 33 heavy (non-hydrogen) atoms. The smallest absolute Gasteiger partial charge is 0.381 e. The number of alkyl halides is 3. The van der Waals surface area contributed by atoms with Crippen LogP contribution in [-0.4, -0.2) is 47.1 Å². The molecule has 3 fully saturated rings. The fourth-order valence-corrected chi connectivity index (χ4v) is 6.58. The number of halogens is 3. The molecule has 1 spiro atoms. The SMILES string of the molecule is CC1C2Cc3c(cc(C(F)(F)F)cc3[N+](=O)[O-])CN2C(=O)[C@]12CC[C@@H](NC1CCOCC1)C2. The van der Waals surface area contributed by atoms with Crippen LogP contribution in [0.25, 0.3) is 0 Å². The van der Waals surface area contributed by atoms with Gasteiger partial charge in [-0.1, -0.05) is 6.92 Å². The van der Waals surface area contributed by atoms with Crippen molar-refractivity contribution in [3.05, 3.63) is 38.9 Å². The Morgan fingerprint density at radius 3 is 2.61 bits per heavy atom. The summed E-state index contributed by atoms with van der Waals surface area (Å²) < 4.78 is 45.5. The number of nitrogens with one attached hydrogen (secondary N) is 1. The molecule has 180 valence electrons. The fraction of sp³-hybridized carbons (Fsp3) is 0.696. The van der Waals surface area contributed by atoms with Crippen LogP contribution >= 0.6 is 0 Å². The number of hydrogen-bond donors (Lipinski definition) is 1. The maximum absolute atomic E-state index is 13.6. The van der Waals surface area contributed by atoms with Crippen molar-refractivity contribution in [1.82, 2.24) is 10.2 Å². The Hall–Kier alpha value is -2.20. The topological polar surface area (TPSA) is 84.7 Å². The van der Waals surface area contributed by atoms with E-state index in [4.69, 9.17) is 4.74 Å². The van der Waals surface area contributed by atoms with E-state index in [9.17, 15) is 28.1 Å². The lowest BCUT2D eigenvalue weighted by atomic mass is 9.73. The van der Waals surface area contributed by atoms with Gasteiger partial charge >= 0.3 is 6.18 Å². The summed E-state index contributed by atoms with van der Waals surface area (Å²) in [5.41, 5.74) is -1.52. The first-order chi connectivity index (χ1) is 15.6. The van der Waals surface area contributed by atoms with E-state index in [-0.39, 0.29) is 42.4 Å². The largest absolute Gasteiger partial charge is 0.416 e. The zero-order chi connectivity index (χ0) is 23.5. The maximum atomic E-state index is 13.6. The average Bonchev–Trinajstić information content (AvgIpc) is 3.28. The Morgan fingerprint density at radius 2 is 1.94 bits per heavy atom. The van der Waals surface area contributed by atoms with Crippen LogP contribution in [0.5, 0.6) is 0 Å². The summed E-state index contributed by atoms with van der Waals surface area (Å²) in [6.45, 7) is 3.49. The van der Waals surface area contributed by atoms with E-state index in [0.29, 0.717) is 24.1 Å². The second-order valence-electron chi connectivity index (χ2n) is 10.0. The van der Waals surface area contributed by atoms with E-state index in [0.717, 1.165) is 45.0 Å². The van der Waals surface area contributed by atoms with Crippen LogP contribution < -0.4 is 5.32 Å². The van der Waals surface area contributed by atoms with Crippen molar-refractivity contribution in [1.29, 1.82) is 0 Å². The first-order valence-electron chi connectivity index (χ1n) is 11.6. The van der Waals surface area contributed by atoms with Crippen molar-refractivity contribution in [2.75, 3.05) is 13.2 Å². The number of carbonyl (C=O) groups is 1. The number of ether oxygens (including phenoxy) is 1. The molecule has 1 aliphatic carbocycles. The summed E-state index contributed by atoms with van der Waals surface area (Å²) in [7, 11) is 0. The molecule has 1 aromatic rings. The van der Waals surface area contributed by atoms with Gasteiger partial charge in [-0.25, -0.2) is 0 Å². The van der Waals surface area contributed by atoms with Crippen molar-refractivity contribution in [3.8, 4) is 0 Å². The first-order valence-corrected chi connectivity index (χ1v) is 11.6. The monoisotopic (exact) mass is 467 g/mol. The van der Waals surface area contributed by atoms with Crippen molar-refractivity contribution in [2.45, 2.75) is 76.3 Å². The van der Waals surface area contributed by atoms with Crippen molar-refractivity contribution < 1.29 is 27.6 Å². The normalized spacial score (nSPS) is 32.3. The fourth-order valence-electron chi connectivity index (χ4n) is 6.58. The molecule has 2 unspecified atom stereocenters. The molecule has 3 aliphatic heterocycles. The minimum Gasteiger partial charge on any atom is -0.381 e. The highest BCUT2D eigenvalue weighted by Gasteiger charge is 2.60. The zero-order valence-corrected chi connectivity index (χ0v) is 18.5. The molecule has 1 N–H and O–H groups in total. The van der Waals surface area contributed by atoms with E-state index < -0.39 is 27.8 Å². The van der Waals surface area contributed by atoms with Gasteiger partial charge in [0.1, 0.15) is 0 Å². The number of carbonyl (C=O) groups excluding carboxylic acids is 1. The van der Waals surface area contributed by atoms with Gasteiger partial charge in [0.2, 0.25) is 5.91 Å². The number of nitro groups is 1. The molecular formula is C23H28F3N3O4. The highest BCUT2D eigenvalue weighted by Crippen LogP contribution is 2.55. The number of hydrogen-bond acceptors (Lipinski definition) is 5. The summed E-state index contributed by atoms with van der Waals surface area (Å²) in [5, 5.41) is 15.3. The summed E-state index contributed by atoms with van der Waals surface area (Å²) >= 11 is 0. The molecule has 4 aliphatic rings. The lowest BCUT2D eigenvalue weighted by Crippen LogP contribution is -2.42. The first kappa shape index (κ1) is 22.6. The molecule has 1 amide bonds. The zero-order valence-electron chi connectivity index (χ0n) is 18.5. The van der Waals surface area contributed by atoms with Gasteiger partial charge in [0.25, 0.3) is 5.69 Å². The van der Waals surface area contributed by atoms with Crippen molar-refractivity contribution >= 4 is 11.6 Å². The third kappa shape index (κ3) is 3.71. The van der Waals surface area contributed by atoms with Crippen LogP contribution in [0.15, 0.2) is 12.1 Å². The van der Waals surface area contributed by atoms with E-state index in [1.807, 2.05) is 6.92 Å². The predicted octanol–water partition coefficient (Wildman–Crippen LogP) is 3.82. The number of rotatable bonds is 3. The Balaban J connectivity index is 1.41. The lowest BCUT2D eigenvalue weighted by Gasteiger charge is -2.33. The molecule has 1 saturated carbocycles. The number of nitrogens with zero attached hydrogens (tertiary/aromatic N) is 2. The standard InChI is InChI=1S/C23H28F3N3O4/c1-13-19-10-18-14(8-15(23(24,25)26)9-20(18)29(31)32)12-28(19)21(30)22(13)5-2-17(11-22)27-16-3-6-33-7-4-16/h8-9,13,16-17,19,27H,2-7,10-12H2,1H3/t13?,17-,19?,22+/m1/s1. The molecule has 4 atom stereocenters. The minimum absolute atomic E-state index is 0.00621. The lowest BCUT2D eigenvalue weighted by molar-refractivity contribution is -0.386. The van der Waals surface area contributed by atoms with Gasteiger partial charge in [-0.15, -0.1) is 0 Å². The maximum Gasteiger partial charge on any atom is 0.416 e. The highest BCUT2D eigenvalue weighted by atomic mass is 19.4. The van der Waals surface area contributed by atoms with Gasteiger partial charge in [0.05, 0.1) is 15.9 Å². The van der Waals surface area contributed by atoms with Gasteiger partial charge in [0.15, 0.2) is 0 Å². The predicted molar refractivity (Wildman–Crippen MR) is 112 cm³/mol. The van der Waals surface area contributed by atoms with Crippen LogP contribution in [0.2, 0.25) is 0 Å².